The summed E-state index contributed by atoms with van der Waals surface area (Å²) >= 11 is 0. The van der Waals surface area contributed by atoms with E-state index in [2.05, 4.69) is 22.0 Å². The van der Waals surface area contributed by atoms with Crippen LogP contribution in [0.4, 0.5) is 0 Å². The van der Waals surface area contributed by atoms with E-state index in [0.717, 1.165) is 18.2 Å². The number of esters is 1. The van der Waals surface area contributed by atoms with Crippen LogP contribution in [0.3, 0.4) is 0 Å². The summed E-state index contributed by atoms with van der Waals surface area (Å²) in [5, 5.41) is 3.54. The third-order valence-corrected chi connectivity index (χ3v) is 3.83. The van der Waals surface area contributed by atoms with Gasteiger partial charge in [0.1, 0.15) is 0 Å². The maximum atomic E-state index is 11.3. The largest absolute Gasteiger partial charge is 0.465 e. The molecular weight excluding hydrogens is 240 g/mol. The van der Waals surface area contributed by atoms with Gasteiger partial charge in [-0.3, -0.25) is 4.98 Å². The fourth-order valence-electron chi connectivity index (χ4n) is 2.48. The average molecular weight is 262 g/mol. The fourth-order valence-corrected chi connectivity index (χ4v) is 2.48. The molecule has 4 heteroatoms. The molecule has 1 aliphatic carbocycles. The molecule has 1 heterocycles. The molecule has 4 nitrogen and oxygen atoms in total. The molecule has 0 bridgehead atoms. The molecule has 1 aromatic rings. The van der Waals surface area contributed by atoms with Gasteiger partial charge in [0, 0.05) is 18.8 Å². The summed E-state index contributed by atoms with van der Waals surface area (Å²) in [7, 11) is 1.38. The molecule has 1 aromatic heterocycles. The third kappa shape index (κ3) is 4.03. The van der Waals surface area contributed by atoms with Gasteiger partial charge >= 0.3 is 5.97 Å². The Bertz CT molecular complexity index is 409. The highest BCUT2D eigenvalue weighted by Gasteiger charge is 2.17. The van der Waals surface area contributed by atoms with Gasteiger partial charge in [0.25, 0.3) is 0 Å². The number of ether oxygens (including phenoxy) is 1. The predicted molar refractivity (Wildman–Crippen MR) is 73.8 cm³/mol. The highest BCUT2D eigenvalue weighted by atomic mass is 16.5. The zero-order valence-electron chi connectivity index (χ0n) is 11.7. The van der Waals surface area contributed by atoms with Gasteiger partial charge in [-0.1, -0.05) is 6.92 Å². The molecule has 0 aromatic carbocycles. The normalized spacial score (nSPS) is 23.1. The van der Waals surface area contributed by atoms with Gasteiger partial charge < -0.3 is 10.1 Å². The van der Waals surface area contributed by atoms with Gasteiger partial charge in [0.05, 0.1) is 18.4 Å². The minimum atomic E-state index is -0.340. The first-order valence-electron chi connectivity index (χ1n) is 6.95. The van der Waals surface area contributed by atoms with Crippen molar-refractivity contribution in [2.75, 3.05) is 7.11 Å². The average Bonchev–Trinajstić information content (AvgIpc) is 2.46. The van der Waals surface area contributed by atoms with E-state index in [1.54, 1.807) is 12.3 Å². The van der Waals surface area contributed by atoms with Gasteiger partial charge in [-0.2, -0.15) is 0 Å². The van der Waals surface area contributed by atoms with Crippen LogP contribution >= 0.6 is 0 Å². The zero-order chi connectivity index (χ0) is 13.7. The van der Waals surface area contributed by atoms with E-state index in [0.29, 0.717) is 11.6 Å². The van der Waals surface area contributed by atoms with E-state index in [-0.39, 0.29) is 5.97 Å². The molecule has 1 saturated carbocycles. The van der Waals surface area contributed by atoms with E-state index in [4.69, 9.17) is 0 Å². The van der Waals surface area contributed by atoms with Gasteiger partial charge in [-0.05, 0) is 43.7 Å². The van der Waals surface area contributed by atoms with Crippen LogP contribution in [0.1, 0.15) is 48.7 Å². The Kier molecular flexibility index (Phi) is 4.91. The predicted octanol–water partition coefficient (Wildman–Crippen LogP) is 2.54. The standard InChI is InChI=1S/C15H22N2O2/c1-11-3-6-13(7-4-11)17-10-14-8-5-12(9-16-14)15(18)19-2/h5,8-9,11,13,17H,3-4,6-7,10H2,1-2H3. The summed E-state index contributed by atoms with van der Waals surface area (Å²) in [6.07, 6.45) is 6.70. The van der Waals surface area contributed by atoms with Crippen molar-refractivity contribution in [3.8, 4) is 0 Å². The summed E-state index contributed by atoms with van der Waals surface area (Å²) in [6, 6.07) is 4.25. The van der Waals surface area contributed by atoms with E-state index >= 15 is 0 Å². The molecule has 1 fully saturated rings. The van der Waals surface area contributed by atoms with Crippen molar-refractivity contribution in [3.05, 3.63) is 29.6 Å². The van der Waals surface area contributed by atoms with Crippen molar-refractivity contribution in [2.45, 2.75) is 45.2 Å². The second-order valence-electron chi connectivity index (χ2n) is 5.37. The summed E-state index contributed by atoms with van der Waals surface area (Å²) < 4.78 is 4.65. The summed E-state index contributed by atoms with van der Waals surface area (Å²) in [4.78, 5) is 15.6. The van der Waals surface area contributed by atoms with Crippen molar-refractivity contribution in [1.82, 2.24) is 10.3 Å². The van der Waals surface area contributed by atoms with Crippen LogP contribution in [0.15, 0.2) is 18.3 Å². The van der Waals surface area contributed by atoms with E-state index in [1.165, 1.54) is 32.8 Å². The molecule has 104 valence electrons. The van der Waals surface area contributed by atoms with Crippen molar-refractivity contribution < 1.29 is 9.53 Å². The lowest BCUT2D eigenvalue weighted by molar-refractivity contribution is 0.0600. The molecule has 0 radical (unpaired) electrons. The number of hydrogen-bond acceptors (Lipinski definition) is 4. The Morgan fingerprint density at radius 2 is 2.11 bits per heavy atom. The lowest BCUT2D eigenvalue weighted by Gasteiger charge is -2.26. The summed E-state index contributed by atoms with van der Waals surface area (Å²) in [6.45, 7) is 3.09. The van der Waals surface area contributed by atoms with Crippen molar-refractivity contribution in [1.29, 1.82) is 0 Å². The topological polar surface area (TPSA) is 51.2 Å². The number of pyridine rings is 1. The molecule has 0 atom stereocenters. The lowest BCUT2D eigenvalue weighted by Crippen LogP contribution is -2.32. The Labute approximate surface area is 114 Å². The minimum Gasteiger partial charge on any atom is -0.465 e. The van der Waals surface area contributed by atoms with Crippen LogP contribution in [0.5, 0.6) is 0 Å². The van der Waals surface area contributed by atoms with Crippen LogP contribution in [0.2, 0.25) is 0 Å². The van der Waals surface area contributed by atoms with Crippen molar-refractivity contribution in [2.24, 2.45) is 5.92 Å². The smallest absolute Gasteiger partial charge is 0.339 e. The van der Waals surface area contributed by atoms with Gasteiger partial charge in [-0.25, -0.2) is 4.79 Å². The molecule has 0 spiro atoms. The van der Waals surface area contributed by atoms with Crippen LogP contribution in [0, 0.1) is 5.92 Å². The van der Waals surface area contributed by atoms with Crippen LogP contribution in [-0.2, 0) is 11.3 Å². The fraction of sp³-hybridized carbons (Fsp3) is 0.600. The molecule has 1 N–H and O–H groups in total. The quantitative estimate of drug-likeness (QED) is 0.847. The first-order valence-corrected chi connectivity index (χ1v) is 6.95. The number of carbonyl (C=O) groups is 1. The summed E-state index contributed by atoms with van der Waals surface area (Å²) in [5.41, 5.74) is 1.46. The van der Waals surface area contributed by atoms with E-state index < -0.39 is 0 Å². The molecule has 0 aliphatic heterocycles. The maximum Gasteiger partial charge on any atom is 0.339 e. The Morgan fingerprint density at radius 3 is 2.68 bits per heavy atom. The van der Waals surface area contributed by atoms with Crippen LogP contribution in [-0.4, -0.2) is 24.1 Å². The number of methoxy groups -OCH3 is 1. The molecule has 0 unspecified atom stereocenters. The number of rotatable bonds is 4. The maximum absolute atomic E-state index is 11.3. The number of aromatic nitrogens is 1. The molecule has 0 saturated heterocycles. The Hall–Kier alpha value is -1.42. The number of nitrogens with zero attached hydrogens (tertiary/aromatic N) is 1. The number of carbonyl (C=O) groups excluding carboxylic acids is 1. The Balaban J connectivity index is 1.81. The first-order chi connectivity index (χ1) is 9.19. The van der Waals surface area contributed by atoms with Gasteiger partial charge in [-0.15, -0.1) is 0 Å². The van der Waals surface area contributed by atoms with E-state index in [1.807, 2.05) is 6.07 Å². The van der Waals surface area contributed by atoms with Crippen LogP contribution < -0.4 is 5.32 Å². The van der Waals surface area contributed by atoms with Crippen LogP contribution in [0.25, 0.3) is 0 Å². The molecule has 0 amide bonds. The monoisotopic (exact) mass is 262 g/mol. The van der Waals surface area contributed by atoms with Gasteiger partial charge in [0.15, 0.2) is 0 Å². The summed E-state index contributed by atoms with van der Waals surface area (Å²) in [5.74, 6) is 0.531. The number of nitrogens with one attached hydrogen (secondary N) is 1. The first kappa shape index (κ1) is 14.0. The van der Waals surface area contributed by atoms with Crippen molar-refractivity contribution >= 4 is 5.97 Å². The second-order valence-corrected chi connectivity index (χ2v) is 5.37. The third-order valence-electron chi connectivity index (χ3n) is 3.83. The molecule has 1 aliphatic rings. The van der Waals surface area contributed by atoms with Gasteiger partial charge in [0.2, 0.25) is 0 Å². The minimum absolute atomic E-state index is 0.340. The highest BCUT2D eigenvalue weighted by Crippen LogP contribution is 2.23. The van der Waals surface area contributed by atoms with Crippen molar-refractivity contribution in [3.63, 3.8) is 0 Å². The molecular formula is C15H22N2O2. The highest BCUT2D eigenvalue weighted by molar-refractivity contribution is 5.88. The molecule has 19 heavy (non-hydrogen) atoms. The Morgan fingerprint density at radius 1 is 1.37 bits per heavy atom. The molecule has 2 rings (SSSR count). The second kappa shape index (κ2) is 6.66. The lowest BCUT2D eigenvalue weighted by atomic mass is 9.87. The van der Waals surface area contributed by atoms with E-state index in [9.17, 15) is 4.79 Å². The number of hydrogen-bond donors (Lipinski definition) is 1. The SMILES string of the molecule is COC(=O)c1ccc(CNC2CCC(C)CC2)nc1. The zero-order valence-corrected chi connectivity index (χ0v) is 11.7.